The molecule has 2 unspecified atom stereocenters. The van der Waals surface area contributed by atoms with E-state index in [0.717, 1.165) is 15.1 Å². The van der Waals surface area contributed by atoms with Crippen molar-refractivity contribution >= 4 is 34.2 Å². The summed E-state index contributed by atoms with van der Waals surface area (Å²) in [5, 5.41) is 10.2. The van der Waals surface area contributed by atoms with Crippen molar-refractivity contribution in [3.05, 3.63) is 75.9 Å². The highest BCUT2D eigenvalue weighted by molar-refractivity contribution is 14.1. The molecule has 32 heavy (non-hydrogen) atoms. The number of hydrogen-bond acceptors (Lipinski definition) is 4. The molecule has 0 aliphatic carbocycles. The molecule has 0 saturated heterocycles. The number of hydrogen-bond donors (Lipinski definition) is 1. The summed E-state index contributed by atoms with van der Waals surface area (Å²) in [6, 6.07) is 14.4. The lowest BCUT2D eigenvalue weighted by Crippen LogP contribution is -2.23. The van der Waals surface area contributed by atoms with Gasteiger partial charge in [0.2, 0.25) is 0 Å². The Morgan fingerprint density at radius 1 is 1.09 bits per heavy atom. The summed E-state index contributed by atoms with van der Waals surface area (Å²) in [5.74, 6) is 2.53. The Kier molecular flexibility index (Phi) is 8.85. The molecule has 2 aromatic carbocycles. The minimum absolute atomic E-state index is 0.179. The van der Waals surface area contributed by atoms with Crippen LogP contribution in [0.4, 0.5) is 0 Å². The zero-order valence-corrected chi connectivity index (χ0v) is 21.6. The Hall–Kier alpha value is -1.77. The van der Waals surface area contributed by atoms with Gasteiger partial charge in [0, 0.05) is 29.6 Å². The molecular weight excluding hydrogens is 539 g/mol. The maximum absolute atomic E-state index is 10.2. The predicted molar refractivity (Wildman–Crippen MR) is 137 cm³/mol. The molecule has 5 nitrogen and oxygen atoms in total. The molecule has 172 valence electrons. The van der Waals surface area contributed by atoms with Gasteiger partial charge in [-0.25, -0.2) is 4.98 Å². The summed E-state index contributed by atoms with van der Waals surface area (Å²) in [7, 11) is 0. The van der Waals surface area contributed by atoms with Crippen LogP contribution >= 0.6 is 34.2 Å². The van der Waals surface area contributed by atoms with E-state index in [0.29, 0.717) is 24.9 Å². The van der Waals surface area contributed by atoms with E-state index in [1.54, 1.807) is 12.5 Å². The van der Waals surface area contributed by atoms with E-state index in [4.69, 9.17) is 21.1 Å². The lowest BCUT2D eigenvalue weighted by molar-refractivity contribution is 0.0924. The molecule has 0 spiro atoms. The molecule has 0 bridgehead atoms. The van der Waals surface area contributed by atoms with Crippen LogP contribution in [0.1, 0.15) is 31.9 Å². The molecule has 1 N–H and O–H groups in total. The smallest absolute Gasteiger partial charge is 0.132 e. The normalized spacial score (nSPS) is 13.6. The van der Waals surface area contributed by atoms with Crippen LogP contribution in [0, 0.1) is 9.49 Å². The molecule has 0 fully saturated rings. The van der Waals surface area contributed by atoms with Crippen molar-refractivity contribution in [3.63, 3.8) is 0 Å². The molecule has 3 rings (SSSR count). The topological polar surface area (TPSA) is 56.5 Å². The fraction of sp³-hybridized carbons (Fsp3) is 0.400. The van der Waals surface area contributed by atoms with Crippen molar-refractivity contribution in [2.45, 2.75) is 38.8 Å². The number of aliphatic hydroxyl groups excluding tert-OH is 1. The van der Waals surface area contributed by atoms with Gasteiger partial charge in [-0.3, -0.25) is 0 Å². The highest BCUT2D eigenvalue weighted by Crippen LogP contribution is 2.35. The largest absolute Gasteiger partial charge is 0.492 e. The first-order valence-electron chi connectivity index (χ1n) is 10.7. The number of ether oxygens (including phenoxy) is 2. The van der Waals surface area contributed by atoms with E-state index < -0.39 is 6.10 Å². The summed E-state index contributed by atoms with van der Waals surface area (Å²) in [6.07, 6.45) is 4.59. The van der Waals surface area contributed by atoms with Crippen molar-refractivity contribution in [1.82, 2.24) is 9.55 Å². The minimum Gasteiger partial charge on any atom is -0.492 e. The van der Waals surface area contributed by atoms with E-state index in [-0.39, 0.29) is 12.0 Å². The first-order valence-corrected chi connectivity index (χ1v) is 12.3. The van der Waals surface area contributed by atoms with Crippen LogP contribution in [0.25, 0.3) is 0 Å². The van der Waals surface area contributed by atoms with Crippen LogP contribution < -0.4 is 9.47 Å². The molecule has 2 atom stereocenters. The number of benzene rings is 2. The zero-order valence-electron chi connectivity index (χ0n) is 18.7. The Bertz CT molecular complexity index is 977. The highest BCUT2D eigenvalue weighted by atomic mass is 127. The molecule has 1 heterocycles. The van der Waals surface area contributed by atoms with Crippen LogP contribution in [-0.2, 0) is 12.0 Å². The second kappa shape index (κ2) is 11.4. The Balaban J connectivity index is 1.62. The molecular formula is C25H30ClIN2O3. The fourth-order valence-electron chi connectivity index (χ4n) is 3.30. The predicted octanol–water partition coefficient (Wildman–Crippen LogP) is 5.51. The van der Waals surface area contributed by atoms with E-state index in [1.165, 1.54) is 11.1 Å². The molecule has 0 aliphatic rings. The van der Waals surface area contributed by atoms with Crippen LogP contribution in [0.15, 0.2) is 61.2 Å². The van der Waals surface area contributed by atoms with Crippen LogP contribution in [0.3, 0.4) is 0 Å². The van der Waals surface area contributed by atoms with Crippen LogP contribution in [0.2, 0.25) is 0 Å². The average molecular weight is 569 g/mol. The van der Waals surface area contributed by atoms with E-state index >= 15 is 0 Å². The first kappa shape index (κ1) is 24.9. The monoisotopic (exact) mass is 568 g/mol. The zero-order chi connectivity index (χ0) is 23.1. The maximum atomic E-state index is 10.2. The van der Waals surface area contributed by atoms with Gasteiger partial charge in [0.1, 0.15) is 24.2 Å². The van der Waals surface area contributed by atoms with E-state index in [2.05, 4.69) is 72.6 Å². The average Bonchev–Trinajstić information content (AvgIpc) is 3.29. The lowest BCUT2D eigenvalue weighted by Gasteiger charge is -2.27. The van der Waals surface area contributed by atoms with E-state index in [9.17, 15) is 5.11 Å². The number of rotatable bonds is 11. The van der Waals surface area contributed by atoms with Crippen molar-refractivity contribution < 1.29 is 14.6 Å². The maximum Gasteiger partial charge on any atom is 0.132 e. The molecule has 0 radical (unpaired) electrons. The third kappa shape index (κ3) is 6.62. The van der Waals surface area contributed by atoms with Crippen molar-refractivity contribution in [2.75, 3.05) is 19.1 Å². The van der Waals surface area contributed by atoms with Gasteiger partial charge in [0.15, 0.2) is 0 Å². The summed E-state index contributed by atoms with van der Waals surface area (Å²) >= 11 is 8.21. The third-order valence-corrected chi connectivity index (χ3v) is 6.81. The van der Waals surface area contributed by atoms with Crippen LogP contribution in [-0.4, -0.2) is 39.9 Å². The van der Waals surface area contributed by atoms with Gasteiger partial charge >= 0.3 is 0 Å². The number of aliphatic hydroxyl groups is 1. The Labute approximate surface area is 208 Å². The molecule has 3 aromatic rings. The first-order chi connectivity index (χ1) is 15.3. The lowest BCUT2D eigenvalue weighted by atomic mass is 9.78. The molecule has 0 amide bonds. The third-order valence-electron chi connectivity index (χ3n) is 5.44. The second-order valence-corrected chi connectivity index (χ2v) is 10.1. The summed E-state index contributed by atoms with van der Waals surface area (Å²) < 4.78 is 14.6. The Morgan fingerprint density at radius 3 is 2.44 bits per heavy atom. The number of halogens is 2. The fourth-order valence-corrected chi connectivity index (χ4v) is 4.06. The highest BCUT2D eigenvalue weighted by Gasteiger charge is 2.24. The van der Waals surface area contributed by atoms with Crippen LogP contribution in [0.5, 0.6) is 11.5 Å². The standard InChI is InChI=1S/C25H30ClIN2O3/c1-18(13-26)15-32-24-9-6-20(12-23(24)27)25(2,3)19-4-7-22(8-5-19)31-16-21(30)14-29-11-10-28-17-29/h4-12,17-18,21,30H,13-16H2,1-3H3. The van der Waals surface area contributed by atoms with Gasteiger partial charge in [-0.1, -0.05) is 39.0 Å². The van der Waals surface area contributed by atoms with Gasteiger partial charge in [0.25, 0.3) is 0 Å². The number of nitrogens with zero attached hydrogens (tertiary/aromatic N) is 2. The summed E-state index contributed by atoms with van der Waals surface area (Å²) in [4.78, 5) is 3.98. The van der Waals surface area contributed by atoms with Gasteiger partial charge in [-0.15, -0.1) is 11.6 Å². The Morgan fingerprint density at radius 2 is 1.81 bits per heavy atom. The molecule has 0 aliphatic heterocycles. The number of imidazole rings is 1. The summed E-state index contributed by atoms with van der Waals surface area (Å²) in [5.41, 5.74) is 2.22. The van der Waals surface area contributed by atoms with Crippen molar-refractivity contribution in [2.24, 2.45) is 5.92 Å². The van der Waals surface area contributed by atoms with E-state index in [1.807, 2.05) is 29.0 Å². The van der Waals surface area contributed by atoms with Gasteiger partial charge < -0.3 is 19.1 Å². The van der Waals surface area contributed by atoms with Crippen molar-refractivity contribution in [3.8, 4) is 11.5 Å². The number of alkyl halides is 1. The second-order valence-electron chi connectivity index (χ2n) is 8.59. The molecule has 0 saturated carbocycles. The SMILES string of the molecule is CC(CCl)COc1ccc(C(C)(C)c2ccc(OCC(O)Cn3ccnc3)cc2)cc1I. The quantitative estimate of drug-likeness (QED) is 0.245. The van der Waals surface area contributed by atoms with Gasteiger partial charge in [-0.05, 0) is 58.0 Å². The van der Waals surface area contributed by atoms with Crippen molar-refractivity contribution in [1.29, 1.82) is 0 Å². The van der Waals surface area contributed by atoms with Gasteiger partial charge in [-0.2, -0.15) is 0 Å². The number of aromatic nitrogens is 2. The minimum atomic E-state index is -0.601. The van der Waals surface area contributed by atoms with Gasteiger partial charge in [0.05, 0.1) is 23.0 Å². The summed E-state index contributed by atoms with van der Waals surface area (Å²) in [6.45, 7) is 7.78. The molecule has 7 heteroatoms. The molecule has 1 aromatic heterocycles.